The average molecular weight is 391 g/mol. The third-order valence-corrected chi connectivity index (χ3v) is 7.94. The molecule has 1 aliphatic heterocycles. The lowest BCUT2D eigenvalue weighted by Gasteiger charge is -2.10. The van der Waals surface area contributed by atoms with Gasteiger partial charge in [0, 0.05) is 16.1 Å². The summed E-state index contributed by atoms with van der Waals surface area (Å²) in [5.74, 6) is 0. The normalized spacial score (nSPS) is 14.7. The number of thiophene rings is 2. The Kier molecular flexibility index (Phi) is 4.64. The maximum atomic E-state index is 12.7. The van der Waals surface area contributed by atoms with Crippen molar-refractivity contribution in [1.29, 1.82) is 0 Å². The Morgan fingerprint density at radius 1 is 1.00 bits per heavy atom. The zero-order valence-electron chi connectivity index (χ0n) is 13.5. The molecular weight excluding hydrogens is 372 g/mol. The van der Waals surface area contributed by atoms with Gasteiger partial charge in [-0.25, -0.2) is 8.42 Å². The van der Waals surface area contributed by atoms with Crippen LogP contribution in [0.15, 0.2) is 51.4 Å². The van der Waals surface area contributed by atoms with Crippen LogP contribution in [0.3, 0.4) is 0 Å². The summed E-state index contributed by atoms with van der Waals surface area (Å²) >= 11 is 2.90. The maximum Gasteiger partial charge on any atom is 0.271 e. The standard InChI is InChI=1S/C18H18N2O2S3/c21-25(22,18-4-3-17(24-18)15-7-10-23-12-15)20-16-2-1-13-5-8-19-9-6-14(13)11-16/h1-4,7,10-12,19-20H,5-6,8-9H2. The predicted molar refractivity (Wildman–Crippen MR) is 105 cm³/mol. The highest BCUT2D eigenvalue weighted by molar-refractivity contribution is 7.94. The van der Waals surface area contributed by atoms with Gasteiger partial charge in [-0.2, -0.15) is 11.3 Å². The number of rotatable bonds is 4. The summed E-state index contributed by atoms with van der Waals surface area (Å²) < 4.78 is 28.5. The van der Waals surface area contributed by atoms with Crippen molar-refractivity contribution in [3.05, 3.63) is 58.3 Å². The SMILES string of the molecule is O=S(=O)(Nc1ccc2c(c1)CCNCC2)c1ccc(-c2ccsc2)s1. The molecule has 0 radical (unpaired) electrons. The maximum absolute atomic E-state index is 12.7. The molecule has 0 amide bonds. The fourth-order valence-corrected chi connectivity index (χ4v) is 6.05. The van der Waals surface area contributed by atoms with E-state index in [1.165, 1.54) is 22.5 Å². The van der Waals surface area contributed by atoms with Gasteiger partial charge >= 0.3 is 0 Å². The molecule has 0 saturated carbocycles. The molecule has 4 rings (SSSR count). The van der Waals surface area contributed by atoms with Crippen molar-refractivity contribution in [2.75, 3.05) is 17.8 Å². The highest BCUT2D eigenvalue weighted by atomic mass is 32.2. The van der Waals surface area contributed by atoms with Crippen LogP contribution in [0.25, 0.3) is 10.4 Å². The second-order valence-corrected chi connectivity index (χ2v) is 9.74. The fraction of sp³-hybridized carbons (Fsp3) is 0.222. The van der Waals surface area contributed by atoms with Gasteiger partial charge in [-0.15, -0.1) is 11.3 Å². The predicted octanol–water partition coefficient (Wildman–Crippen LogP) is 3.97. The molecular formula is C18H18N2O2S3. The van der Waals surface area contributed by atoms with Gasteiger partial charge in [-0.05, 0) is 78.2 Å². The average Bonchev–Trinajstić information content (AvgIpc) is 3.22. The Balaban J connectivity index is 1.58. The van der Waals surface area contributed by atoms with E-state index in [0.717, 1.165) is 36.4 Å². The Morgan fingerprint density at radius 2 is 1.84 bits per heavy atom. The van der Waals surface area contributed by atoms with E-state index in [4.69, 9.17) is 0 Å². The van der Waals surface area contributed by atoms with Gasteiger partial charge in [0.25, 0.3) is 10.0 Å². The third kappa shape index (κ3) is 3.64. The molecule has 7 heteroatoms. The van der Waals surface area contributed by atoms with Crippen molar-refractivity contribution in [1.82, 2.24) is 5.32 Å². The number of sulfonamides is 1. The zero-order valence-corrected chi connectivity index (χ0v) is 15.9. The van der Waals surface area contributed by atoms with Crippen LogP contribution < -0.4 is 10.0 Å². The molecule has 25 heavy (non-hydrogen) atoms. The molecule has 3 aromatic rings. The van der Waals surface area contributed by atoms with Crippen LogP contribution in [-0.4, -0.2) is 21.5 Å². The van der Waals surface area contributed by atoms with Crippen LogP contribution in [0.5, 0.6) is 0 Å². The molecule has 1 aromatic carbocycles. The first-order chi connectivity index (χ1) is 12.1. The Labute approximate surface area is 155 Å². The van der Waals surface area contributed by atoms with Crippen LogP contribution in [0.4, 0.5) is 5.69 Å². The first-order valence-corrected chi connectivity index (χ1v) is 11.3. The van der Waals surface area contributed by atoms with E-state index in [-0.39, 0.29) is 0 Å². The molecule has 0 atom stereocenters. The Hall–Kier alpha value is -1.67. The minimum absolute atomic E-state index is 0.338. The van der Waals surface area contributed by atoms with Gasteiger partial charge < -0.3 is 5.32 Å². The van der Waals surface area contributed by atoms with Gasteiger partial charge in [-0.1, -0.05) is 6.07 Å². The lowest BCUT2D eigenvalue weighted by molar-refractivity contribution is 0.603. The highest BCUT2D eigenvalue weighted by Gasteiger charge is 2.18. The van der Waals surface area contributed by atoms with Crippen molar-refractivity contribution in [2.45, 2.75) is 17.1 Å². The van der Waals surface area contributed by atoms with E-state index in [1.807, 2.05) is 41.1 Å². The Morgan fingerprint density at radius 3 is 2.64 bits per heavy atom. The van der Waals surface area contributed by atoms with E-state index < -0.39 is 10.0 Å². The van der Waals surface area contributed by atoms with Crippen LogP contribution in [0.1, 0.15) is 11.1 Å². The first kappa shape index (κ1) is 16.8. The summed E-state index contributed by atoms with van der Waals surface area (Å²) in [7, 11) is -3.56. The number of nitrogens with one attached hydrogen (secondary N) is 2. The van der Waals surface area contributed by atoms with Crippen molar-refractivity contribution in [2.24, 2.45) is 0 Å². The molecule has 4 nitrogen and oxygen atoms in total. The largest absolute Gasteiger partial charge is 0.316 e. The summed E-state index contributed by atoms with van der Waals surface area (Å²) in [6.45, 7) is 1.90. The van der Waals surface area contributed by atoms with Crippen LogP contribution in [0, 0.1) is 0 Å². The van der Waals surface area contributed by atoms with Crippen molar-refractivity contribution in [3.63, 3.8) is 0 Å². The monoisotopic (exact) mass is 390 g/mol. The van der Waals surface area contributed by atoms with Crippen LogP contribution in [-0.2, 0) is 22.9 Å². The minimum atomic E-state index is -3.56. The third-order valence-electron chi connectivity index (χ3n) is 4.25. The van der Waals surface area contributed by atoms with E-state index in [1.54, 1.807) is 17.4 Å². The number of benzene rings is 1. The van der Waals surface area contributed by atoms with Gasteiger partial charge in [0.2, 0.25) is 0 Å². The minimum Gasteiger partial charge on any atom is -0.316 e. The first-order valence-electron chi connectivity index (χ1n) is 8.09. The lowest BCUT2D eigenvalue weighted by atomic mass is 10.0. The molecule has 2 N–H and O–H groups in total. The molecule has 0 unspecified atom stereocenters. The quantitative estimate of drug-likeness (QED) is 0.709. The second kappa shape index (κ2) is 6.92. The zero-order chi connectivity index (χ0) is 17.3. The summed E-state index contributed by atoms with van der Waals surface area (Å²) in [6.07, 6.45) is 1.91. The topological polar surface area (TPSA) is 58.2 Å². The van der Waals surface area contributed by atoms with Crippen molar-refractivity contribution >= 4 is 38.4 Å². The second-order valence-electron chi connectivity index (χ2n) is 5.97. The van der Waals surface area contributed by atoms with E-state index in [9.17, 15) is 8.42 Å². The van der Waals surface area contributed by atoms with Gasteiger partial charge in [0.05, 0.1) is 0 Å². The van der Waals surface area contributed by atoms with Crippen LogP contribution in [0.2, 0.25) is 0 Å². The number of fused-ring (bicyclic) bond motifs is 1. The number of anilines is 1. The van der Waals surface area contributed by atoms with Gasteiger partial charge in [0.1, 0.15) is 4.21 Å². The van der Waals surface area contributed by atoms with Crippen molar-refractivity contribution < 1.29 is 8.42 Å². The van der Waals surface area contributed by atoms with E-state index >= 15 is 0 Å². The highest BCUT2D eigenvalue weighted by Crippen LogP contribution is 2.33. The molecule has 0 fully saturated rings. The van der Waals surface area contributed by atoms with Crippen LogP contribution >= 0.6 is 22.7 Å². The lowest BCUT2D eigenvalue weighted by Crippen LogP contribution is -2.16. The number of hydrogen-bond donors (Lipinski definition) is 2. The molecule has 0 spiro atoms. The number of hydrogen-bond acceptors (Lipinski definition) is 5. The molecule has 0 saturated heterocycles. The molecule has 3 heterocycles. The smallest absolute Gasteiger partial charge is 0.271 e. The summed E-state index contributed by atoms with van der Waals surface area (Å²) in [4.78, 5) is 0.967. The van der Waals surface area contributed by atoms with Gasteiger partial charge in [-0.3, -0.25) is 4.72 Å². The summed E-state index contributed by atoms with van der Waals surface area (Å²) in [6, 6.07) is 11.4. The fourth-order valence-electron chi connectivity index (χ4n) is 2.97. The summed E-state index contributed by atoms with van der Waals surface area (Å²) in [5.41, 5.74) is 4.21. The molecule has 0 aliphatic carbocycles. The van der Waals surface area contributed by atoms with E-state index in [2.05, 4.69) is 10.0 Å². The van der Waals surface area contributed by atoms with Crippen molar-refractivity contribution in [3.8, 4) is 10.4 Å². The Bertz CT molecular complexity index is 976. The van der Waals surface area contributed by atoms with E-state index in [0.29, 0.717) is 9.90 Å². The molecule has 130 valence electrons. The molecule has 1 aliphatic rings. The molecule has 2 aromatic heterocycles. The molecule has 0 bridgehead atoms. The van der Waals surface area contributed by atoms with Gasteiger partial charge in [0.15, 0.2) is 0 Å². The summed E-state index contributed by atoms with van der Waals surface area (Å²) in [5, 5.41) is 7.38.